The summed E-state index contributed by atoms with van der Waals surface area (Å²) in [5, 5.41) is 0.309. The van der Waals surface area contributed by atoms with Crippen molar-refractivity contribution in [3.8, 4) is 0 Å². The monoisotopic (exact) mass is 212 g/mol. The Hall–Kier alpha value is -0.510. The highest BCUT2D eigenvalue weighted by molar-refractivity contribution is 8.01. The SMILES string of the molecule is CCCCCN=C1C(=O)N2CCS[C@@H]12. The van der Waals surface area contributed by atoms with Gasteiger partial charge < -0.3 is 4.90 Å². The molecule has 0 unspecified atom stereocenters. The zero-order chi connectivity index (χ0) is 9.97. The standard InChI is InChI=1S/C10H16N2OS/c1-2-3-4-5-11-8-9(13)12-6-7-14-10(8)12/h10H,2-7H2,1H3/t10-/m0/s1. The van der Waals surface area contributed by atoms with E-state index in [1.807, 2.05) is 16.7 Å². The molecule has 2 heterocycles. The molecule has 1 amide bonds. The maximum absolute atomic E-state index is 11.5. The van der Waals surface area contributed by atoms with Crippen molar-refractivity contribution in [2.75, 3.05) is 18.8 Å². The maximum Gasteiger partial charge on any atom is 0.272 e. The predicted molar refractivity (Wildman–Crippen MR) is 59.8 cm³/mol. The van der Waals surface area contributed by atoms with Crippen molar-refractivity contribution < 1.29 is 4.79 Å². The largest absolute Gasteiger partial charge is 0.319 e. The fraction of sp³-hybridized carbons (Fsp3) is 0.800. The normalized spacial score (nSPS) is 28.1. The summed E-state index contributed by atoms with van der Waals surface area (Å²) in [6, 6.07) is 0. The van der Waals surface area contributed by atoms with E-state index in [2.05, 4.69) is 11.9 Å². The lowest BCUT2D eigenvalue weighted by Crippen LogP contribution is -2.57. The van der Waals surface area contributed by atoms with Crippen LogP contribution < -0.4 is 0 Å². The summed E-state index contributed by atoms with van der Waals surface area (Å²) < 4.78 is 0. The van der Waals surface area contributed by atoms with Crippen molar-refractivity contribution in [1.82, 2.24) is 4.90 Å². The van der Waals surface area contributed by atoms with E-state index in [-0.39, 0.29) is 5.91 Å². The van der Waals surface area contributed by atoms with Crippen LogP contribution in [0, 0.1) is 0 Å². The van der Waals surface area contributed by atoms with Crippen LogP contribution >= 0.6 is 11.8 Å². The number of nitrogens with zero attached hydrogens (tertiary/aromatic N) is 2. The second-order valence-electron chi connectivity index (χ2n) is 3.70. The Labute approximate surface area is 89.0 Å². The van der Waals surface area contributed by atoms with Crippen molar-refractivity contribution >= 4 is 23.4 Å². The molecule has 0 aromatic carbocycles. The molecule has 0 aromatic heterocycles. The molecule has 0 saturated carbocycles. The summed E-state index contributed by atoms with van der Waals surface area (Å²) in [5.41, 5.74) is 0.823. The first-order valence-corrected chi connectivity index (χ1v) is 6.36. The molecule has 0 bridgehead atoms. The van der Waals surface area contributed by atoms with Crippen LogP contribution in [-0.4, -0.2) is 40.7 Å². The van der Waals surface area contributed by atoms with Crippen LogP contribution in [0.1, 0.15) is 26.2 Å². The Morgan fingerprint density at radius 2 is 2.43 bits per heavy atom. The van der Waals surface area contributed by atoms with Gasteiger partial charge in [0.25, 0.3) is 5.91 Å². The number of amides is 1. The number of thioether (sulfide) groups is 1. The molecule has 2 aliphatic heterocycles. The van der Waals surface area contributed by atoms with E-state index < -0.39 is 0 Å². The quantitative estimate of drug-likeness (QED) is 0.523. The molecule has 4 heteroatoms. The van der Waals surface area contributed by atoms with E-state index in [9.17, 15) is 4.79 Å². The number of hydrogen-bond donors (Lipinski definition) is 0. The van der Waals surface area contributed by atoms with Crippen molar-refractivity contribution in [1.29, 1.82) is 0 Å². The van der Waals surface area contributed by atoms with Gasteiger partial charge in [-0.2, -0.15) is 0 Å². The van der Waals surface area contributed by atoms with Crippen LogP contribution in [0.3, 0.4) is 0 Å². The summed E-state index contributed by atoms with van der Waals surface area (Å²) in [6.45, 7) is 3.93. The Morgan fingerprint density at radius 1 is 1.57 bits per heavy atom. The van der Waals surface area contributed by atoms with Gasteiger partial charge in [0.1, 0.15) is 11.1 Å². The number of fused-ring (bicyclic) bond motifs is 1. The molecule has 78 valence electrons. The molecule has 0 radical (unpaired) electrons. The Kier molecular flexibility index (Phi) is 3.11. The van der Waals surface area contributed by atoms with Crippen LogP contribution in [-0.2, 0) is 4.79 Å². The van der Waals surface area contributed by atoms with Gasteiger partial charge in [-0.05, 0) is 6.42 Å². The number of unbranched alkanes of at least 4 members (excludes halogenated alkanes) is 2. The first kappa shape index (κ1) is 10.0. The first-order valence-electron chi connectivity index (χ1n) is 5.31. The average Bonchev–Trinajstić information content (AvgIpc) is 2.62. The lowest BCUT2D eigenvalue weighted by atomic mass is 10.1. The van der Waals surface area contributed by atoms with Gasteiger partial charge >= 0.3 is 0 Å². The van der Waals surface area contributed by atoms with Crippen LogP contribution in [0.15, 0.2) is 4.99 Å². The predicted octanol–water partition coefficient (Wildman–Crippen LogP) is 1.53. The van der Waals surface area contributed by atoms with Crippen molar-refractivity contribution in [2.24, 2.45) is 4.99 Å². The highest BCUT2D eigenvalue weighted by atomic mass is 32.2. The summed E-state index contributed by atoms with van der Waals surface area (Å²) in [7, 11) is 0. The molecule has 0 aliphatic carbocycles. The first-order chi connectivity index (χ1) is 6.84. The minimum absolute atomic E-state index is 0.177. The van der Waals surface area contributed by atoms with E-state index in [4.69, 9.17) is 0 Å². The van der Waals surface area contributed by atoms with Crippen molar-refractivity contribution in [2.45, 2.75) is 31.6 Å². The molecular formula is C10H16N2OS. The smallest absolute Gasteiger partial charge is 0.272 e. The molecule has 0 aromatic rings. The number of β-lactam (4-membered cyclic amide) rings is 1. The second kappa shape index (κ2) is 4.34. The van der Waals surface area contributed by atoms with E-state index in [0.29, 0.717) is 5.37 Å². The lowest BCUT2D eigenvalue weighted by molar-refractivity contribution is -0.127. The number of hydrogen-bond acceptors (Lipinski definition) is 3. The van der Waals surface area contributed by atoms with Crippen LogP contribution in [0.5, 0.6) is 0 Å². The molecule has 0 N–H and O–H groups in total. The third kappa shape index (κ3) is 1.67. The third-order valence-corrected chi connectivity index (χ3v) is 3.86. The Balaban J connectivity index is 1.83. The van der Waals surface area contributed by atoms with Crippen LogP contribution in [0.2, 0.25) is 0 Å². The second-order valence-corrected chi connectivity index (χ2v) is 4.88. The molecule has 2 saturated heterocycles. The minimum Gasteiger partial charge on any atom is -0.319 e. The Bertz CT molecular complexity index is 265. The molecule has 14 heavy (non-hydrogen) atoms. The summed E-state index contributed by atoms with van der Waals surface area (Å²) in [5.74, 6) is 1.25. The fourth-order valence-electron chi connectivity index (χ4n) is 1.80. The fourth-order valence-corrected chi connectivity index (χ4v) is 3.04. The van der Waals surface area contributed by atoms with Gasteiger partial charge in [-0.15, -0.1) is 11.8 Å². The maximum atomic E-state index is 11.5. The van der Waals surface area contributed by atoms with E-state index in [1.165, 1.54) is 12.8 Å². The van der Waals surface area contributed by atoms with Gasteiger partial charge in [-0.1, -0.05) is 19.8 Å². The number of carbonyl (C=O) groups excluding carboxylic acids is 1. The zero-order valence-electron chi connectivity index (χ0n) is 8.53. The van der Waals surface area contributed by atoms with Crippen LogP contribution in [0.4, 0.5) is 0 Å². The summed E-state index contributed by atoms with van der Waals surface area (Å²) >= 11 is 1.84. The molecule has 1 atom stereocenters. The molecule has 2 aliphatic rings. The number of carbonyl (C=O) groups is 1. The van der Waals surface area contributed by atoms with Gasteiger partial charge in [-0.3, -0.25) is 9.79 Å². The third-order valence-electron chi connectivity index (χ3n) is 2.65. The van der Waals surface area contributed by atoms with E-state index in [1.54, 1.807) is 0 Å². The zero-order valence-corrected chi connectivity index (χ0v) is 9.35. The lowest BCUT2D eigenvalue weighted by Gasteiger charge is -2.34. The van der Waals surface area contributed by atoms with Gasteiger partial charge in [0.05, 0.1) is 0 Å². The molecule has 2 fully saturated rings. The molecule has 2 rings (SSSR count). The van der Waals surface area contributed by atoms with Gasteiger partial charge in [-0.25, -0.2) is 0 Å². The summed E-state index contributed by atoms with van der Waals surface area (Å²) in [6.07, 6.45) is 3.54. The van der Waals surface area contributed by atoms with Crippen LogP contribution in [0.25, 0.3) is 0 Å². The van der Waals surface area contributed by atoms with E-state index in [0.717, 1.165) is 31.0 Å². The van der Waals surface area contributed by atoms with Crippen molar-refractivity contribution in [3.63, 3.8) is 0 Å². The van der Waals surface area contributed by atoms with Crippen molar-refractivity contribution in [3.05, 3.63) is 0 Å². The Morgan fingerprint density at radius 3 is 3.21 bits per heavy atom. The van der Waals surface area contributed by atoms with E-state index >= 15 is 0 Å². The minimum atomic E-state index is 0.177. The van der Waals surface area contributed by atoms with Gasteiger partial charge in [0.15, 0.2) is 0 Å². The number of rotatable bonds is 4. The number of aliphatic imine (C=N–C) groups is 1. The molecule has 3 nitrogen and oxygen atoms in total. The highest BCUT2D eigenvalue weighted by Gasteiger charge is 2.46. The average molecular weight is 212 g/mol. The molecule has 0 spiro atoms. The highest BCUT2D eigenvalue weighted by Crippen LogP contribution is 2.33. The molecular weight excluding hydrogens is 196 g/mol. The van der Waals surface area contributed by atoms with Gasteiger partial charge in [0.2, 0.25) is 0 Å². The summed E-state index contributed by atoms with van der Waals surface area (Å²) in [4.78, 5) is 17.8. The van der Waals surface area contributed by atoms with Gasteiger partial charge in [0, 0.05) is 18.8 Å². The topological polar surface area (TPSA) is 32.7 Å².